The monoisotopic (exact) mass is 295 g/mol. The molecule has 0 bridgehead atoms. The number of carbonyl (C=O) groups is 1. The molecule has 0 saturated carbocycles. The topological polar surface area (TPSA) is 38.3 Å². The molecule has 3 heteroatoms. The molecule has 0 aliphatic carbocycles. The molecular formula is C19H21NO2. The van der Waals surface area contributed by atoms with Crippen LogP contribution < -0.4 is 5.32 Å². The number of benzene rings is 2. The molecule has 2 aromatic rings. The van der Waals surface area contributed by atoms with Crippen LogP contribution in [0.3, 0.4) is 0 Å². The van der Waals surface area contributed by atoms with Gasteiger partial charge in [-0.15, -0.1) is 0 Å². The summed E-state index contributed by atoms with van der Waals surface area (Å²) >= 11 is 0. The van der Waals surface area contributed by atoms with E-state index in [9.17, 15) is 4.79 Å². The Morgan fingerprint density at radius 3 is 2.36 bits per heavy atom. The van der Waals surface area contributed by atoms with Crippen molar-refractivity contribution in [1.29, 1.82) is 0 Å². The van der Waals surface area contributed by atoms with Gasteiger partial charge in [-0.2, -0.15) is 0 Å². The van der Waals surface area contributed by atoms with Crippen LogP contribution in [0.5, 0.6) is 0 Å². The van der Waals surface area contributed by atoms with Crippen LogP contribution in [0.2, 0.25) is 0 Å². The molecule has 0 heterocycles. The average molecular weight is 295 g/mol. The quantitative estimate of drug-likeness (QED) is 0.795. The Hall–Kier alpha value is -2.39. The minimum absolute atomic E-state index is 0.259. The smallest absolute Gasteiger partial charge is 0.327 e. The molecule has 0 aliphatic rings. The first-order chi connectivity index (χ1) is 10.8. The van der Waals surface area contributed by atoms with Gasteiger partial charge in [0.15, 0.2) is 0 Å². The predicted octanol–water partition coefficient (Wildman–Crippen LogP) is 3.42. The van der Waals surface area contributed by atoms with Gasteiger partial charge in [-0.25, -0.2) is 0 Å². The van der Waals surface area contributed by atoms with Gasteiger partial charge in [0.25, 0.3) is 0 Å². The van der Waals surface area contributed by atoms with E-state index in [1.54, 1.807) is 0 Å². The maximum absolute atomic E-state index is 12.0. The maximum atomic E-state index is 12.0. The highest BCUT2D eigenvalue weighted by Gasteiger charge is 2.15. The summed E-state index contributed by atoms with van der Waals surface area (Å²) in [5, 5.41) is 3.23. The first kappa shape index (κ1) is 16.0. The lowest BCUT2D eigenvalue weighted by atomic mass is 10.1. The molecule has 1 atom stereocenters. The molecule has 0 radical (unpaired) electrons. The Kier molecular flexibility index (Phi) is 6.39. The first-order valence-electron chi connectivity index (χ1n) is 7.47. The zero-order chi connectivity index (χ0) is 15.6. The van der Waals surface area contributed by atoms with E-state index < -0.39 is 6.04 Å². The average Bonchev–Trinajstić information content (AvgIpc) is 2.57. The van der Waals surface area contributed by atoms with E-state index in [0.29, 0.717) is 13.2 Å². The molecule has 0 fully saturated rings. The van der Waals surface area contributed by atoms with Crippen molar-refractivity contribution in [3.05, 3.63) is 77.9 Å². The van der Waals surface area contributed by atoms with Crippen molar-refractivity contribution >= 4 is 12.0 Å². The molecule has 0 aliphatic heterocycles. The van der Waals surface area contributed by atoms with Gasteiger partial charge in [0.05, 0.1) is 6.61 Å². The summed E-state index contributed by atoms with van der Waals surface area (Å²) in [4.78, 5) is 12.0. The van der Waals surface area contributed by atoms with Crippen molar-refractivity contribution in [2.45, 2.75) is 19.5 Å². The molecule has 0 spiro atoms. The molecule has 2 rings (SSSR count). The largest absolute Gasteiger partial charge is 0.465 e. The van der Waals surface area contributed by atoms with Crippen LogP contribution in [-0.4, -0.2) is 18.6 Å². The summed E-state index contributed by atoms with van der Waals surface area (Å²) in [5.41, 5.74) is 2.18. The molecular weight excluding hydrogens is 274 g/mol. The molecule has 1 N–H and O–H groups in total. The van der Waals surface area contributed by atoms with E-state index in [2.05, 4.69) is 5.32 Å². The van der Waals surface area contributed by atoms with Crippen molar-refractivity contribution < 1.29 is 9.53 Å². The maximum Gasteiger partial charge on any atom is 0.327 e. The summed E-state index contributed by atoms with van der Waals surface area (Å²) in [6.07, 6.45) is 3.77. The van der Waals surface area contributed by atoms with Crippen LogP contribution >= 0.6 is 0 Å². The second-order valence-electron chi connectivity index (χ2n) is 4.87. The number of rotatable bonds is 7. The van der Waals surface area contributed by atoms with Gasteiger partial charge < -0.3 is 4.74 Å². The fraction of sp³-hybridized carbons (Fsp3) is 0.211. The molecule has 2 aromatic carbocycles. The number of hydrogen-bond donors (Lipinski definition) is 1. The molecule has 0 amide bonds. The standard InChI is InChI=1S/C19H21NO2/c1-2-22-19(21)18(14-13-16-9-5-3-6-10-16)20-15-17-11-7-4-8-12-17/h3-14,18,20H,2,15H2,1H3/b14-13-. The molecule has 0 saturated heterocycles. The van der Waals surface area contributed by atoms with E-state index in [4.69, 9.17) is 4.74 Å². The highest BCUT2D eigenvalue weighted by Crippen LogP contribution is 2.05. The lowest BCUT2D eigenvalue weighted by Crippen LogP contribution is -2.36. The van der Waals surface area contributed by atoms with Crippen molar-refractivity contribution in [3.8, 4) is 0 Å². The van der Waals surface area contributed by atoms with Crippen LogP contribution in [0, 0.1) is 0 Å². The summed E-state index contributed by atoms with van der Waals surface area (Å²) in [7, 11) is 0. The highest BCUT2D eigenvalue weighted by atomic mass is 16.5. The minimum atomic E-state index is -0.458. The van der Waals surface area contributed by atoms with E-state index in [-0.39, 0.29) is 5.97 Å². The van der Waals surface area contributed by atoms with Gasteiger partial charge in [-0.1, -0.05) is 72.8 Å². The van der Waals surface area contributed by atoms with Gasteiger partial charge in [-0.3, -0.25) is 10.1 Å². The summed E-state index contributed by atoms with van der Waals surface area (Å²) in [6.45, 7) is 2.80. The second-order valence-corrected chi connectivity index (χ2v) is 4.87. The Morgan fingerprint density at radius 2 is 1.73 bits per heavy atom. The van der Waals surface area contributed by atoms with E-state index in [0.717, 1.165) is 11.1 Å². The zero-order valence-electron chi connectivity index (χ0n) is 12.7. The third-order valence-electron chi connectivity index (χ3n) is 3.19. The highest BCUT2D eigenvalue weighted by molar-refractivity contribution is 5.79. The number of esters is 1. The zero-order valence-corrected chi connectivity index (χ0v) is 12.7. The van der Waals surface area contributed by atoms with Crippen LogP contribution in [0.4, 0.5) is 0 Å². The van der Waals surface area contributed by atoms with Crippen LogP contribution in [0.1, 0.15) is 18.1 Å². The lowest BCUT2D eigenvalue weighted by molar-refractivity contribution is -0.144. The first-order valence-corrected chi connectivity index (χ1v) is 7.47. The van der Waals surface area contributed by atoms with Crippen LogP contribution in [0.25, 0.3) is 6.08 Å². The van der Waals surface area contributed by atoms with Crippen molar-refractivity contribution in [3.63, 3.8) is 0 Å². The van der Waals surface area contributed by atoms with Crippen LogP contribution in [-0.2, 0) is 16.1 Å². The van der Waals surface area contributed by atoms with Crippen molar-refractivity contribution in [2.24, 2.45) is 0 Å². The fourth-order valence-electron chi connectivity index (χ4n) is 2.06. The SMILES string of the molecule is CCOC(=O)C(/C=C\c1ccccc1)NCc1ccccc1. The number of nitrogens with one attached hydrogen (secondary N) is 1. The fourth-order valence-corrected chi connectivity index (χ4v) is 2.06. The molecule has 0 aromatic heterocycles. The predicted molar refractivity (Wildman–Crippen MR) is 89.2 cm³/mol. The number of carbonyl (C=O) groups excluding carboxylic acids is 1. The van der Waals surface area contributed by atoms with E-state index >= 15 is 0 Å². The van der Waals surface area contributed by atoms with E-state index in [1.165, 1.54) is 0 Å². The second kappa shape index (κ2) is 8.80. The normalized spacial score (nSPS) is 12.2. The Morgan fingerprint density at radius 1 is 1.09 bits per heavy atom. The molecule has 114 valence electrons. The number of ether oxygens (including phenoxy) is 1. The Balaban J connectivity index is 2.02. The third-order valence-corrected chi connectivity index (χ3v) is 3.19. The summed E-state index contributed by atoms with van der Waals surface area (Å²) in [5.74, 6) is -0.259. The third kappa shape index (κ3) is 5.19. The molecule has 22 heavy (non-hydrogen) atoms. The summed E-state index contributed by atoms with van der Waals surface area (Å²) < 4.78 is 5.13. The Bertz CT molecular complexity index is 593. The minimum Gasteiger partial charge on any atom is -0.465 e. The Labute approximate surface area is 131 Å². The van der Waals surface area contributed by atoms with Gasteiger partial charge >= 0.3 is 5.97 Å². The molecule has 3 nitrogen and oxygen atoms in total. The summed E-state index contributed by atoms with van der Waals surface area (Å²) in [6, 6.07) is 19.4. The molecule has 1 unspecified atom stereocenters. The van der Waals surface area contributed by atoms with E-state index in [1.807, 2.05) is 79.7 Å². The van der Waals surface area contributed by atoms with Crippen molar-refractivity contribution in [1.82, 2.24) is 5.32 Å². The van der Waals surface area contributed by atoms with Gasteiger partial charge in [0.1, 0.15) is 6.04 Å². The van der Waals surface area contributed by atoms with Gasteiger partial charge in [0.2, 0.25) is 0 Å². The van der Waals surface area contributed by atoms with Gasteiger partial charge in [0, 0.05) is 6.54 Å². The van der Waals surface area contributed by atoms with Gasteiger partial charge in [-0.05, 0) is 18.1 Å². The lowest BCUT2D eigenvalue weighted by Gasteiger charge is -2.14. The number of hydrogen-bond acceptors (Lipinski definition) is 3. The van der Waals surface area contributed by atoms with Crippen molar-refractivity contribution in [2.75, 3.05) is 6.61 Å². The van der Waals surface area contributed by atoms with Crippen LogP contribution in [0.15, 0.2) is 66.7 Å².